The maximum absolute atomic E-state index is 12.5. The molecule has 256 valence electrons. The van der Waals surface area contributed by atoms with Crippen LogP contribution in [0.3, 0.4) is 0 Å². The molecule has 0 aromatic heterocycles. The first-order valence-corrected chi connectivity index (χ1v) is 16.5. The van der Waals surface area contributed by atoms with Crippen molar-refractivity contribution in [2.45, 2.75) is 75.8 Å². The van der Waals surface area contributed by atoms with E-state index < -0.39 is 42.5 Å². The Hall–Kier alpha value is -4.54. The fourth-order valence-electron chi connectivity index (χ4n) is 5.86. The second-order valence-electron chi connectivity index (χ2n) is 11.8. The van der Waals surface area contributed by atoms with Crippen molar-refractivity contribution in [1.29, 1.82) is 0 Å². The van der Waals surface area contributed by atoms with E-state index in [2.05, 4.69) is 10.0 Å². The van der Waals surface area contributed by atoms with E-state index in [1.165, 1.54) is 7.11 Å². The third kappa shape index (κ3) is 11.0. The van der Waals surface area contributed by atoms with Gasteiger partial charge in [0.05, 0.1) is 46.2 Å². The van der Waals surface area contributed by atoms with Crippen molar-refractivity contribution < 1.29 is 33.2 Å². The van der Waals surface area contributed by atoms with Crippen LogP contribution in [-0.2, 0) is 59.6 Å². The standard InChI is InChI=1S/C39H43N3O7/c1-44-39(43)33(41-42-40)22-23-34-36(46-25-30-16-8-3-9-17-30)38(48-27-32-20-12-5-13-21-32)37(47-26-31-18-10-4-11-19-31)35(49-34)28-45-24-29-14-6-2-7-15-29/h2-21,33-38H,22-28H2,1H3/t33-,34-,35+,36-,37-,38+/m0/s1. The summed E-state index contributed by atoms with van der Waals surface area (Å²) in [5.41, 5.74) is 13.2. The number of esters is 1. The van der Waals surface area contributed by atoms with Gasteiger partial charge in [-0.15, -0.1) is 0 Å². The lowest BCUT2D eigenvalue weighted by Crippen LogP contribution is -2.61. The summed E-state index contributed by atoms with van der Waals surface area (Å²) in [5.74, 6) is -0.612. The molecule has 0 saturated carbocycles. The van der Waals surface area contributed by atoms with Crippen LogP contribution in [0.1, 0.15) is 35.1 Å². The molecule has 0 N–H and O–H groups in total. The minimum absolute atomic E-state index is 0.186. The van der Waals surface area contributed by atoms with Crippen molar-refractivity contribution in [2.75, 3.05) is 13.7 Å². The minimum Gasteiger partial charge on any atom is -0.469 e. The molecule has 1 fully saturated rings. The lowest BCUT2D eigenvalue weighted by Gasteiger charge is -2.46. The molecule has 4 aromatic carbocycles. The Balaban J connectivity index is 1.46. The van der Waals surface area contributed by atoms with E-state index >= 15 is 0 Å². The van der Waals surface area contributed by atoms with Gasteiger partial charge in [-0.3, -0.25) is 4.79 Å². The Morgan fingerprint density at radius 3 is 1.55 bits per heavy atom. The quantitative estimate of drug-likeness (QED) is 0.0471. The molecule has 0 aliphatic carbocycles. The average Bonchev–Trinajstić information content (AvgIpc) is 3.16. The van der Waals surface area contributed by atoms with Crippen LogP contribution in [0, 0.1) is 0 Å². The number of rotatable bonds is 18. The molecule has 0 spiro atoms. The molecular weight excluding hydrogens is 622 g/mol. The van der Waals surface area contributed by atoms with Crippen molar-refractivity contribution in [3.8, 4) is 0 Å². The van der Waals surface area contributed by atoms with E-state index in [4.69, 9.17) is 34.0 Å². The van der Waals surface area contributed by atoms with E-state index in [9.17, 15) is 4.79 Å². The van der Waals surface area contributed by atoms with Crippen LogP contribution in [0.15, 0.2) is 126 Å². The van der Waals surface area contributed by atoms with Gasteiger partial charge in [-0.2, -0.15) is 0 Å². The van der Waals surface area contributed by atoms with Crippen molar-refractivity contribution in [1.82, 2.24) is 0 Å². The highest BCUT2D eigenvalue weighted by Gasteiger charge is 2.48. The van der Waals surface area contributed by atoms with Gasteiger partial charge in [0, 0.05) is 4.91 Å². The first-order chi connectivity index (χ1) is 24.1. The van der Waals surface area contributed by atoms with Crippen LogP contribution in [0.2, 0.25) is 0 Å². The summed E-state index contributed by atoms with van der Waals surface area (Å²) < 4.78 is 38.1. The molecule has 49 heavy (non-hydrogen) atoms. The van der Waals surface area contributed by atoms with Gasteiger partial charge >= 0.3 is 5.97 Å². The molecule has 10 heteroatoms. The summed E-state index contributed by atoms with van der Waals surface area (Å²) in [7, 11) is 1.27. The van der Waals surface area contributed by atoms with E-state index in [0.29, 0.717) is 32.8 Å². The number of carbonyl (C=O) groups is 1. The Labute approximate surface area is 287 Å². The molecule has 1 aliphatic heterocycles. The molecule has 5 rings (SSSR count). The van der Waals surface area contributed by atoms with Crippen LogP contribution in [0.5, 0.6) is 0 Å². The first-order valence-electron chi connectivity index (χ1n) is 16.5. The highest BCUT2D eigenvalue weighted by atomic mass is 16.6. The molecule has 0 bridgehead atoms. The van der Waals surface area contributed by atoms with E-state index in [1.807, 2.05) is 121 Å². The summed E-state index contributed by atoms with van der Waals surface area (Å²) >= 11 is 0. The third-order valence-corrected chi connectivity index (χ3v) is 8.37. The molecule has 6 atom stereocenters. The normalized spacial score (nSPS) is 21.0. The summed E-state index contributed by atoms with van der Waals surface area (Å²) in [5, 5.41) is 3.70. The zero-order valence-corrected chi connectivity index (χ0v) is 27.7. The Morgan fingerprint density at radius 1 is 0.673 bits per heavy atom. The van der Waals surface area contributed by atoms with E-state index in [-0.39, 0.29) is 13.0 Å². The van der Waals surface area contributed by atoms with Crippen molar-refractivity contribution in [2.24, 2.45) is 5.11 Å². The predicted molar refractivity (Wildman–Crippen MR) is 184 cm³/mol. The van der Waals surface area contributed by atoms with Crippen LogP contribution in [0.25, 0.3) is 10.4 Å². The lowest BCUT2D eigenvalue weighted by atomic mass is 9.91. The van der Waals surface area contributed by atoms with Gasteiger partial charge in [0.1, 0.15) is 30.5 Å². The molecule has 4 aromatic rings. The molecule has 1 aliphatic rings. The third-order valence-electron chi connectivity index (χ3n) is 8.37. The summed E-state index contributed by atoms with van der Waals surface area (Å²) in [4.78, 5) is 15.4. The van der Waals surface area contributed by atoms with Gasteiger partial charge in [-0.1, -0.05) is 126 Å². The maximum atomic E-state index is 12.5. The molecular formula is C39H43N3O7. The molecule has 0 unspecified atom stereocenters. The Bertz CT molecular complexity index is 1570. The van der Waals surface area contributed by atoms with Crippen LogP contribution >= 0.6 is 0 Å². The fraction of sp³-hybridized carbons (Fsp3) is 0.359. The van der Waals surface area contributed by atoms with Crippen molar-refractivity contribution >= 4 is 5.97 Å². The monoisotopic (exact) mass is 665 g/mol. The van der Waals surface area contributed by atoms with Crippen LogP contribution < -0.4 is 0 Å². The first kappa shape index (κ1) is 35.8. The lowest BCUT2D eigenvalue weighted by molar-refractivity contribution is -0.273. The maximum Gasteiger partial charge on any atom is 0.314 e. The van der Waals surface area contributed by atoms with Gasteiger partial charge in [0.15, 0.2) is 0 Å². The van der Waals surface area contributed by atoms with Gasteiger partial charge in [-0.05, 0) is 40.6 Å². The molecule has 1 saturated heterocycles. The predicted octanol–water partition coefficient (Wildman–Crippen LogP) is 7.36. The molecule has 10 nitrogen and oxygen atoms in total. The number of hydrogen-bond acceptors (Lipinski definition) is 8. The van der Waals surface area contributed by atoms with Gasteiger partial charge in [-0.25, -0.2) is 0 Å². The second kappa shape index (κ2) is 19.5. The number of ether oxygens (including phenoxy) is 6. The highest BCUT2D eigenvalue weighted by Crippen LogP contribution is 2.33. The van der Waals surface area contributed by atoms with Crippen molar-refractivity contribution in [3.05, 3.63) is 154 Å². The number of azide groups is 1. The molecule has 1 heterocycles. The van der Waals surface area contributed by atoms with Crippen LogP contribution in [-0.4, -0.2) is 56.2 Å². The smallest absolute Gasteiger partial charge is 0.314 e. The van der Waals surface area contributed by atoms with Gasteiger partial charge in [0.2, 0.25) is 0 Å². The van der Waals surface area contributed by atoms with E-state index in [1.54, 1.807) is 0 Å². The van der Waals surface area contributed by atoms with Gasteiger partial charge in [0.25, 0.3) is 0 Å². The fourth-order valence-corrected chi connectivity index (χ4v) is 5.86. The Morgan fingerprint density at radius 2 is 1.10 bits per heavy atom. The van der Waals surface area contributed by atoms with Crippen molar-refractivity contribution in [3.63, 3.8) is 0 Å². The molecule has 0 amide bonds. The zero-order chi connectivity index (χ0) is 34.1. The number of hydrogen-bond donors (Lipinski definition) is 0. The number of nitrogens with zero attached hydrogens (tertiary/aromatic N) is 3. The number of methoxy groups -OCH3 is 1. The highest BCUT2D eigenvalue weighted by molar-refractivity contribution is 5.75. The molecule has 0 radical (unpaired) electrons. The number of benzene rings is 4. The summed E-state index contributed by atoms with van der Waals surface area (Å²) in [6.07, 6.45) is -2.38. The zero-order valence-electron chi connectivity index (χ0n) is 27.7. The summed E-state index contributed by atoms with van der Waals surface area (Å²) in [6.45, 7) is 1.55. The SMILES string of the molecule is COC(=O)[C@H](CC[C@@H]1O[C@H](COCc2ccccc2)[C@H](OCc2ccccc2)[C@H](OCc2ccccc2)[C@H]1OCc1ccccc1)N=[N+]=[N-]. The second-order valence-corrected chi connectivity index (χ2v) is 11.8. The van der Waals surface area contributed by atoms with Crippen LogP contribution in [0.4, 0.5) is 0 Å². The average molecular weight is 666 g/mol. The Kier molecular flexibility index (Phi) is 14.2. The van der Waals surface area contributed by atoms with E-state index in [0.717, 1.165) is 22.3 Å². The topological polar surface area (TPSA) is 121 Å². The number of carbonyl (C=O) groups excluding carboxylic acids is 1. The largest absolute Gasteiger partial charge is 0.469 e. The van der Waals surface area contributed by atoms with Gasteiger partial charge < -0.3 is 28.4 Å². The summed E-state index contributed by atoms with van der Waals surface area (Å²) in [6, 6.07) is 38.7. The minimum atomic E-state index is -1.02.